The summed E-state index contributed by atoms with van der Waals surface area (Å²) in [5.41, 5.74) is -0.326. The molecule has 3 heteroatoms. The van der Waals surface area contributed by atoms with Gasteiger partial charge in [0, 0.05) is 11.8 Å². The molecule has 0 aliphatic rings. The van der Waals surface area contributed by atoms with Crippen LogP contribution in [0.25, 0.3) is 0 Å². The summed E-state index contributed by atoms with van der Waals surface area (Å²) in [6.07, 6.45) is 3.64. The van der Waals surface area contributed by atoms with Crippen molar-refractivity contribution >= 4 is 5.97 Å². The van der Waals surface area contributed by atoms with Crippen LogP contribution < -0.4 is 0 Å². The first kappa shape index (κ1) is 15.4. The van der Waals surface area contributed by atoms with Gasteiger partial charge in [-0.15, -0.1) is 0 Å². The van der Waals surface area contributed by atoms with Crippen molar-refractivity contribution in [1.82, 2.24) is 0 Å². The number of aliphatic hydroxyl groups is 1. The predicted octanol–water partition coefficient (Wildman–Crippen LogP) is 2.76. The topological polar surface area (TPSA) is 46.5 Å². The fraction of sp³-hybridized carbons (Fsp3) is 0.923. The second-order valence-electron chi connectivity index (χ2n) is 5.62. The van der Waals surface area contributed by atoms with E-state index in [2.05, 4.69) is 13.8 Å². The third-order valence-electron chi connectivity index (χ3n) is 2.46. The molecule has 0 aliphatic carbocycles. The van der Waals surface area contributed by atoms with Gasteiger partial charge < -0.3 is 9.84 Å². The average molecular weight is 230 g/mol. The second kappa shape index (κ2) is 7.66. The number of carbonyl (C=O) groups excluding carboxylic acids is 1. The van der Waals surface area contributed by atoms with Crippen molar-refractivity contribution in [3.05, 3.63) is 0 Å². The van der Waals surface area contributed by atoms with E-state index in [1.54, 1.807) is 0 Å². The zero-order valence-electron chi connectivity index (χ0n) is 11.1. The Morgan fingerprint density at radius 2 is 1.94 bits per heavy atom. The highest BCUT2D eigenvalue weighted by molar-refractivity contribution is 5.69. The van der Waals surface area contributed by atoms with Crippen LogP contribution in [-0.2, 0) is 9.53 Å². The Kier molecular flexibility index (Phi) is 7.39. The molecule has 0 bridgehead atoms. The van der Waals surface area contributed by atoms with Crippen molar-refractivity contribution in [3.8, 4) is 0 Å². The highest BCUT2D eigenvalue weighted by Crippen LogP contribution is 2.15. The zero-order valence-corrected chi connectivity index (χ0v) is 11.1. The van der Waals surface area contributed by atoms with Crippen LogP contribution in [0.15, 0.2) is 0 Å². The van der Waals surface area contributed by atoms with Crippen LogP contribution >= 0.6 is 0 Å². The summed E-state index contributed by atoms with van der Waals surface area (Å²) in [5, 5.41) is 8.99. The molecular formula is C13H26O3. The maximum atomic E-state index is 11.3. The molecule has 0 atom stereocenters. The first-order chi connectivity index (χ1) is 7.37. The predicted molar refractivity (Wildman–Crippen MR) is 65.1 cm³/mol. The number of rotatable bonds is 8. The van der Waals surface area contributed by atoms with E-state index in [0.29, 0.717) is 18.9 Å². The van der Waals surface area contributed by atoms with Gasteiger partial charge in [-0.1, -0.05) is 40.5 Å². The van der Waals surface area contributed by atoms with Crippen LogP contribution in [-0.4, -0.2) is 24.3 Å². The molecule has 3 nitrogen and oxygen atoms in total. The molecule has 0 heterocycles. The summed E-state index contributed by atoms with van der Waals surface area (Å²) >= 11 is 0. The van der Waals surface area contributed by atoms with E-state index < -0.39 is 0 Å². The van der Waals surface area contributed by atoms with Crippen molar-refractivity contribution in [2.45, 2.75) is 53.4 Å². The molecule has 0 aromatic heterocycles. The number of aliphatic hydroxyl groups excluding tert-OH is 1. The summed E-state index contributed by atoms with van der Waals surface area (Å²) < 4.78 is 5.11. The SMILES string of the molecule is CC(C)CCCCC(=O)OCC(C)(C)CO. The molecule has 1 N–H and O–H groups in total. The quantitative estimate of drug-likeness (QED) is 0.515. The Balaban J connectivity index is 3.52. The lowest BCUT2D eigenvalue weighted by Crippen LogP contribution is -2.25. The largest absolute Gasteiger partial charge is 0.465 e. The Hall–Kier alpha value is -0.570. The smallest absolute Gasteiger partial charge is 0.305 e. The lowest BCUT2D eigenvalue weighted by molar-refractivity contribution is -0.147. The molecule has 0 unspecified atom stereocenters. The van der Waals surface area contributed by atoms with Gasteiger partial charge in [0.1, 0.15) is 0 Å². The minimum Gasteiger partial charge on any atom is -0.465 e. The van der Waals surface area contributed by atoms with Crippen LogP contribution in [0, 0.1) is 11.3 Å². The molecule has 0 saturated heterocycles. The number of esters is 1. The van der Waals surface area contributed by atoms with E-state index >= 15 is 0 Å². The minimum atomic E-state index is -0.326. The lowest BCUT2D eigenvalue weighted by Gasteiger charge is -2.20. The Bertz CT molecular complexity index is 197. The third kappa shape index (κ3) is 8.72. The standard InChI is InChI=1S/C13H26O3/c1-11(2)7-5-6-8-12(15)16-10-13(3,4)9-14/h11,14H,5-10H2,1-4H3. The van der Waals surface area contributed by atoms with E-state index in [1.165, 1.54) is 0 Å². The molecular weight excluding hydrogens is 204 g/mol. The van der Waals surface area contributed by atoms with E-state index in [-0.39, 0.29) is 18.0 Å². The van der Waals surface area contributed by atoms with Gasteiger partial charge in [-0.3, -0.25) is 4.79 Å². The number of unbranched alkanes of at least 4 members (excludes halogenated alkanes) is 1. The Morgan fingerprint density at radius 1 is 1.31 bits per heavy atom. The first-order valence-corrected chi connectivity index (χ1v) is 6.14. The third-order valence-corrected chi connectivity index (χ3v) is 2.46. The van der Waals surface area contributed by atoms with E-state index in [0.717, 1.165) is 19.3 Å². The molecule has 0 amide bonds. The fourth-order valence-electron chi connectivity index (χ4n) is 1.22. The molecule has 16 heavy (non-hydrogen) atoms. The number of ether oxygens (including phenoxy) is 1. The van der Waals surface area contributed by atoms with Gasteiger partial charge in [0.05, 0.1) is 13.2 Å². The Morgan fingerprint density at radius 3 is 2.44 bits per heavy atom. The number of hydrogen-bond donors (Lipinski definition) is 1. The average Bonchev–Trinajstić information content (AvgIpc) is 2.21. The monoisotopic (exact) mass is 230 g/mol. The summed E-state index contributed by atoms with van der Waals surface area (Å²) in [6.45, 7) is 8.45. The van der Waals surface area contributed by atoms with Gasteiger partial charge in [0.15, 0.2) is 0 Å². The van der Waals surface area contributed by atoms with E-state index in [1.807, 2.05) is 13.8 Å². The zero-order chi connectivity index (χ0) is 12.6. The minimum absolute atomic E-state index is 0.0353. The lowest BCUT2D eigenvalue weighted by atomic mass is 9.96. The van der Waals surface area contributed by atoms with Gasteiger partial charge in [0.25, 0.3) is 0 Å². The second-order valence-corrected chi connectivity index (χ2v) is 5.62. The summed E-state index contributed by atoms with van der Waals surface area (Å²) in [6, 6.07) is 0. The van der Waals surface area contributed by atoms with Crippen molar-refractivity contribution in [3.63, 3.8) is 0 Å². The van der Waals surface area contributed by atoms with Gasteiger partial charge in [-0.25, -0.2) is 0 Å². The highest BCUT2D eigenvalue weighted by Gasteiger charge is 2.18. The summed E-state index contributed by atoms with van der Waals surface area (Å²) in [4.78, 5) is 11.3. The highest BCUT2D eigenvalue weighted by atomic mass is 16.5. The Labute approximate surface area is 99.2 Å². The molecule has 96 valence electrons. The molecule has 0 rings (SSSR count). The van der Waals surface area contributed by atoms with Crippen molar-refractivity contribution in [1.29, 1.82) is 0 Å². The van der Waals surface area contributed by atoms with Crippen LogP contribution in [0.3, 0.4) is 0 Å². The maximum Gasteiger partial charge on any atom is 0.305 e. The van der Waals surface area contributed by atoms with Crippen LogP contribution in [0.1, 0.15) is 53.4 Å². The van der Waals surface area contributed by atoms with Crippen LogP contribution in [0.2, 0.25) is 0 Å². The van der Waals surface area contributed by atoms with Crippen molar-refractivity contribution in [2.75, 3.05) is 13.2 Å². The van der Waals surface area contributed by atoms with Crippen LogP contribution in [0.4, 0.5) is 0 Å². The molecule has 0 fully saturated rings. The fourth-order valence-corrected chi connectivity index (χ4v) is 1.22. The van der Waals surface area contributed by atoms with Gasteiger partial charge in [-0.2, -0.15) is 0 Å². The van der Waals surface area contributed by atoms with Gasteiger partial charge >= 0.3 is 5.97 Å². The molecule has 0 saturated carbocycles. The maximum absolute atomic E-state index is 11.3. The van der Waals surface area contributed by atoms with Gasteiger partial charge in [-0.05, 0) is 12.3 Å². The van der Waals surface area contributed by atoms with E-state index in [4.69, 9.17) is 9.84 Å². The number of hydrogen-bond acceptors (Lipinski definition) is 3. The van der Waals surface area contributed by atoms with Gasteiger partial charge in [0.2, 0.25) is 0 Å². The molecule has 0 aliphatic heterocycles. The molecule has 0 aromatic carbocycles. The molecule has 0 spiro atoms. The molecule has 0 radical (unpaired) electrons. The van der Waals surface area contributed by atoms with E-state index in [9.17, 15) is 4.79 Å². The van der Waals surface area contributed by atoms with Crippen molar-refractivity contribution < 1.29 is 14.6 Å². The van der Waals surface area contributed by atoms with Crippen molar-refractivity contribution in [2.24, 2.45) is 11.3 Å². The first-order valence-electron chi connectivity index (χ1n) is 6.14. The summed E-state index contributed by atoms with van der Waals surface area (Å²) in [7, 11) is 0. The van der Waals surface area contributed by atoms with Crippen LogP contribution in [0.5, 0.6) is 0 Å². The summed E-state index contributed by atoms with van der Waals surface area (Å²) in [5.74, 6) is 0.551. The number of carbonyl (C=O) groups is 1. The molecule has 0 aromatic rings. The normalized spacial score (nSPS) is 11.9.